The molecule has 1 heterocycles. The van der Waals surface area contributed by atoms with Gasteiger partial charge in [0, 0.05) is 17.8 Å². The average molecular weight is 298 g/mol. The highest BCUT2D eigenvalue weighted by molar-refractivity contribution is 5.89. The lowest BCUT2D eigenvalue weighted by molar-refractivity contribution is -0.0498. The van der Waals surface area contributed by atoms with Gasteiger partial charge in [0.25, 0.3) is 0 Å². The molecular formula is C17H12F2N2O. The number of ether oxygens (including phenoxy) is 1. The van der Waals surface area contributed by atoms with Crippen LogP contribution in [0.3, 0.4) is 0 Å². The fraction of sp³-hybridized carbons (Fsp3) is 0.0588. The standard InChI is InChI=1S/C17H12F2N2O/c18-17(19)22-15-6-4-14(5-7-15)21-11-12-3-8-16-13(10-12)2-1-9-20-16/h1-11,17H. The van der Waals surface area contributed by atoms with Crippen LogP contribution in [-0.4, -0.2) is 17.8 Å². The summed E-state index contributed by atoms with van der Waals surface area (Å²) in [6.45, 7) is -2.82. The van der Waals surface area contributed by atoms with Crippen molar-refractivity contribution in [1.29, 1.82) is 0 Å². The van der Waals surface area contributed by atoms with Gasteiger partial charge in [-0.1, -0.05) is 12.1 Å². The second-order valence-electron chi connectivity index (χ2n) is 4.59. The van der Waals surface area contributed by atoms with E-state index >= 15 is 0 Å². The molecular weight excluding hydrogens is 286 g/mol. The van der Waals surface area contributed by atoms with E-state index in [-0.39, 0.29) is 5.75 Å². The van der Waals surface area contributed by atoms with Gasteiger partial charge >= 0.3 is 6.61 Å². The predicted molar refractivity (Wildman–Crippen MR) is 82.1 cm³/mol. The van der Waals surface area contributed by atoms with Gasteiger partial charge in [-0.3, -0.25) is 9.98 Å². The van der Waals surface area contributed by atoms with Crippen LogP contribution in [0.25, 0.3) is 10.9 Å². The van der Waals surface area contributed by atoms with Crippen LogP contribution in [0.15, 0.2) is 65.8 Å². The lowest BCUT2D eigenvalue weighted by atomic mass is 10.1. The number of aliphatic imine (C=N–C) groups is 1. The van der Waals surface area contributed by atoms with E-state index in [1.54, 1.807) is 24.5 Å². The summed E-state index contributed by atoms with van der Waals surface area (Å²) in [5.74, 6) is 0.116. The van der Waals surface area contributed by atoms with E-state index in [0.717, 1.165) is 16.5 Å². The lowest BCUT2D eigenvalue weighted by Gasteiger charge is -2.03. The third-order valence-electron chi connectivity index (χ3n) is 3.05. The molecule has 0 amide bonds. The molecule has 3 rings (SSSR count). The Kier molecular flexibility index (Phi) is 4.05. The molecule has 22 heavy (non-hydrogen) atoms. The zero-order chi connectivity index (χ0) is 15.4. The van der Waals surface area contributed by atoms with E-state index in [1.807, 2.05) is 30.3 Å². The molecule has 0 atom stereocenters. The monoisotopic (exact) mass is 298 g/mol. The first-order valence-electron chi connectivity index (χ1n) is 6.64. The van der Waals surface area contributed by atoms with E-state index < -0.39 is 6.61 Å². The van der Waals surface area contributed by atoms with Gasteiger partial charge in [0.15, 0.2) is 0 Å². The van der Waals surface area contributed by atoms with Crippen LogP contribution in [0.1, 0.15) is 5.56 Å². The quantitative estimate of drug-likeness (QED) is 0.660. The summed E-state index contributed by atoms with van der Waals surface area (Å²) < 4.78 is 28.4. The highest BCUT2D eigenvalue weighted by Crippen LogP contribution is 2.20. The van der Waals surface area contributed by atoms with E-state index in [2.05, 4.69) is 14.7 Å². The number of benzene rings is 2. The Bertz CT molecular complexity index is 801. The Morgan fingerprint density at radius 1 is 1.05 bits per heavy atom. The fourth-order valence-electron chi connectivity index (χ4n) is 2.04. The smallest absolute Gasteiger partial charge is 0.387 e. The molecule has 0 aliphatic heterocycles. The fourth-order valence-corrected chi connectivity index (χ4v) is 2.04. The first-order chi connectivity index (χ1) is 10.7. The van der Waals surface area contributed by atoms with E-state index in [0.29, 0.717) is 5.69 Å². The second kappa shape index (κ2) is 6.30. The summed E-state index contributed by atoms with van der Waals surface area (Å²) in [4.78, 5) is 8.57. The van der Waals surface area contributed by atoms with Gasteiger partial charge in [-0.25, -0.2) is 0 Å². The Labute approximate surface area is 125 Å². The van der Waals surface area contributed by atoms with Gasteiger partial charge in [0.05, 0.1) is 11.2 Å². The van der Waals surface area contributed by atoms with Crippen molar-refractivity contribution in [2.45, 2.75) is 6.61 Å². The topological polar surface area (TPSA) is 34.5 Å². The van der Waals surface area contributed by atoms with E-state index in [4.69, 9.17) is 0 Å². The van der Waals surface area contributed by atoms with Crippen molar-refractivity contribution in [3.63, 3.8) is 0 Å². The number of halogens is 2. The SMILES string of the molecule is FC(F)Oc1ccc(N=Cc2ccc3ncccc3c2)cc1. The maximum Gasteiger partial charge on any atom is 0.387 e. The third-order valence-corrected chi connectivity index (χ3v) is 3.05. The zero-order valence-corrected chi connectivity index (χ0v) is 11.5. The summed E-state index contributed by atoms with van der Waals surface area (Å²) in [6, 6.07) is 15.9. The van der Waals surface area contributed by atoms with Crippen molar-refractivity contribution in [3.8, 4) is 5.75 Å². The first kappa shape index (κ1) is 14.1. The van der Waals surface area contributed by atoms with Crippen molar-refractivity contribution in [3.05, 3.63) is 66.4 Å². The highest BCUT2D eigenvalue weighted by atomic mass is 19.3. The summed E-state index contributed by atoms with van der Waals surface area (Å²) in [6.07, 6.45) is 3.47. The number of hydrogen-bond donors (Lipinski definition) is 0. The highest BCUT2D eigenvalue weighted by Gasteiger charge is 2.03. The van der Waals surface area contributed by atoms with Gasteiger partial charge in [-0.15, -0.1) is 0 Å². The number of pyridine rings is 1. The predicted octanol–water partition coefficient (Wildman–Crippen LogP) is 4.59. The summed E-state index contributed by atoms with van der Waals surface area (Å²) in [5.41, 5.74) is 2.52. The number of hydrogen-bond acceptors (Lipinski definition) is 3. The molecule has 0 aliphatic rings. The van der Waals surface area contributed by atoms with Crippen molar-refractivity contribution in [1.82, 2.24) is 4.98 Å². The molecule has 0 fully saturated rings. The lowest BCUT2D eigenvalue weighted by Crippen LogP contribution is -2.01. The van der Waals surface area contributed by atoms with Gasteiger partial charge < -0.3 is 4.74 Å². The van der Waals surface area contributed by atoms with Crippen molar-refractivity contribution in [2.24, 2.45) is 4.99 Å². The number of nitrogens with zero attached hydrogens (tertiary/aromatic N) is 2. The number of rotatable bonds is 4. The number of alkyl halides is 2. The maximum absolute atomic E-state index is 12.1. The molecule has 3 aromatic rings. The molecule has 0 radical (unpaired) electrons. The Morgan fingerprint density at radius 2 is 1.86 bits per heavy atom. The van der Waals surface area contributed by atoms with Crippen LogP contribution in [0, 0.1) is 0 Å². The van der Waals surface area contributed by atoms with E-state index in [1.165, 1.54) is 12.1 Å². The Hall–Kier alpha value is -2.82. The van der Waals surface area contributed by atoms with Crippen LogP contribution < -0.4 is 4.74 Å². The molecule has 0 N–H and O–H groups in total. The van der Waals surface area contributed by atoms with Crippen molar-refractivity contribution >= 4 is 22.8 Å². The summed E-state index contributed by atoms with van der Waals surface area (Å²) >= 11 is 0. The number of aromatic nitrogens is 1. The number of fused-ring (bicyclic) bond motifs is 1. The minimum Gasteiger partial charge on any atom is -0.435 e. The van der Waals surface area contributed by atoms with Crippen LogP contribution >= 0.6 is 0 Å². The molecule has 5 heteroatoms. The maximum atomic E-state index is 12.1. The molecule has 3 nitrogen and oxygen atoms in total. The normalized spacial score (nSPS) is 11.4. The summed E-state index contributed by atoms with van der Waals surface area (Å²) in [7, 11) is 0. The largest absolute Gasteiger partial charge is 0.435 e. The van der Waals surface area contributed by atoms with Crippen LogP contribution in [0.4, 0.5) is 14.5 Å². The molecule has 2 aromatic carbocycles. The third kappa shape index (κ3) is 3.44. The van der Waals surface area contributed by atoms with Crippen molar-refractivity contribution in [2.75, 3.05) is 0 Å². The molecule has 0 saturated heterocycles. The Morgan fingerprint density at radius 3 is 2.64 bits per heavy atom. The minimum atomic E-state index is -2.82. The van der Waals surface area contributed by atoms with Gasteiger partial charge in [-0.05, 0) is 48.0 Å². The van der Waals surface area contributed by atoms with Crippen LogP contribution in [0.5, 0.6) is 5.75 Å². The van der Waals surface area contributed by atoms with Gasteiger partial charge in [-0.2, -0.15) is 8.78 Å². The molecule has 0 saturated carbocycles. The van der Waals surface area contributed by atoms with Gasteiger partial charge in [0.1, 0.15) is 5.75 Å². The molecule has 0 bridgehead atoms. The molecule has 110 valence electrons. The summed E-state index contributed by atoms with van der Waals surface area (Å²) in [5, 5.41) is 1.03. The Balaban J connectivity index is 1.77. The van der Waals surface area contributed by atoms with E-state index in [9.17, 15) is 8.78 Å². The molecule has 0 aliphatic carbocycles. The molecule has 1 aromatic heterocycles. The minimum absolute atomic E-state index is 0.116. The second-order valence-corrected chi connectivity index (χ2v) is 4.59. The van der Waals surface area contributed by atoms with Crippen molar-refractivity contribution < 1.29 is 13.5 Å². The zero-order valence-electron chi connectivity index (χ0n) is 11.5. The van der Waals surface area contributed by atoms with Gasteiger partial charge in [0.2, 0.25) is 0 Å². The molecule has 0 unspecified atom stereocenters. The first-order valence-corrected chi connectivity index (χ1v) is 6.64. The molecule has 0 spiro atoms. The van der Waals surface area contributed by atoms with Crippen LogP contribution in [-0.2, 0) is 0 Å². The van der Waals surface area contributed by atoms with Crippen LogP contribution in [0.2, 0.25) is 0 Å². The average Bonchev–Trinajstić information content (AvgIpc) is 2.53.